The molecule has 9 nitrogen and oxygen atoms in total. The molecule has 1 atom stereocenters. The van der Waals surface area contributed by atoms with Crippen molar-refractivity contribution in [3.05, 3.63) is 42.6 Å². The number of hydrogen-bond donors (Lipinski definition) is 2. The third-order valence-corrected chi connectivity index (χ3v) is 6.42. The molecule has 0 radical (unpaired) electrons. The number of carbonyl (C=O) groups excluding carboxylic acids is 1. The molecular formula is C23H28N8OS. The molecule has 0 saturated carbocycles. The molecule has 0 spiro atoms. The first-order valence-electron chi connectivity index (χ1n) is 11.1. The van der Waals surface area contributed by atoms with E-state index in [9.17, 15) is 4.79 Å². The summed E-state index contributed by atoms with van der Waals surface area (Å²) in [6, 6.07) is 12.6. The van der Waals surface area contributed by atoms with Crippen molar-refractivity contribution in [2.75, 3.05) is 31.1 Å². The second kappa shape index (κ2) is 11.1. The van der Waals surface area contributed by atoms with Gasteiger partial charge in [-0.2, -0.15) is 5.10 Å². The van der Waals surface area contributed by atoms with E-state index in [0.717, 1.165) is 53.2 Å². The summed E-state index contributed by atoms with van der Waals surface area (Å²) in [4.78, 5) is 12.9. The van der Waals surface area contributed by atoms with E-state index >= 15 is 0 Å². The SMILES string of the molecule is CC/C(=N/N=C\C(C)NC=O)Sc1nnc2ccc(-c3ccc(N4CCNCC4)cc3)cn12. The van der Waals surface area contributed by atoms with E-state index in [0.29, 0.717) is 12.8 Å². The smallest absolute Gasteiger partial charge is 0.207 e. The molecule has 1 aromatic carbocycles. The topological polar surface area (TPSA) is 99.3 Å². The zero-order valence-electron chi connectivity index (χ0n) is 18.8. The maximum atomic E-state index is 10.5. The van der Waals surface area contributed by atoms with Gasteiger partial charge in [-0.1, -0.05) is 19.1 Å². The predicted molar refractivity (Wildman–Crippen MR) is 134 cm³/mol. The monoisotopic (exact) mass is 464 g/mol. The number of nitrogens with zero attached hydrogens (tertiary/aromatic N) is 6. The number of thioether (sulfide) groups is 1. The van der Waals surface area contributed by atoms with Gasteiger partial charge in [-0.25, -0.2) is 0 Å². The fourth-order valence-corrected chi connectivity index (χ4v) is 4.28. The van der Waals surface area contributed by atoms with Crippen molar-refractivity contribution >= 4 is 40.8 Å². The van der Waals surface area contributed by atoms with Crippen LogP contribution in [0.5, 0.6) is 0 Å². The van der Waals surface area contributed by atoms with Crippen LogP contribution in [0.15, 0.2) is 58.0 Å². The number of piperazine rings is 1. The van der Waals surface area contributed by atoms with Gasteiger partial charge >= 0.3 is 0 Å². The number of amides is 1. The van der Waals surface area contributed by atoms with Gasteiger partial charge in [0, 0.05) is 44.3 Å². The average Bonchev–Trinajstić information content (AvgIpc) is 3.26. The summed E-state index contributed by atoms with van der Waals surface area (Å²) in [6.07, 6.45) is 5.01. The van der Waals surface area contributed by atoms with Gasteiger partial charge in [-0.05, 0) is 60.5 Å². The fourth-order valence-electron chi connectivity index (χ4n) is 3.51. The van der Waals surface area contributed by atoms with Crippen LogP contribution in [0, 0.1) is 0 Å². The second-order valence-corrected chi connectivity index (χ2v) is 8.74. The Bertz CT molecular complexity index is 1140. The highest BCUT2D eigenvalue weighted by atomic mass is 32.2. The highest BCUT2D eigenvalue weighted by molar-refractivity contribution is 8.13. The van der Waals surface area contributed by atoms with Crippen LogP contribution in [0.4, 0.5) is 5.69 Å². The van der Waals surface area contributed by atoms with Crippen molar-refractivity contribution in [2.24, 2.45) is 10.2 Å². The lowest BCUT2D eigenvalue weighted by Gasteiger charge is -2.29. The summed E-state index contributed by atoms with van der Waals surface area (Å²) >= 11 is 1.44. The quantitative estimate of drug-likeness (QED) is 0.175. The van der Waals surface area contributed by atoms with Crippen molar-refractivity contribution in [3.8, 4) is 11.1 Å². The molecule has 2 aromatic heterocycles. The van der Waals surface area contributed by atoms with Gasteiger partial charge in [0.25, 0.3) is 0 Å². The highest BCUT2D eigenvalue weighted by Gasteiger charge is 2.12. The molecule has 0 bridgehead atoms. The Labute approximate surface area is 197 Å². The first-order chi connectivity index (χ1) is 16.2. The molecule has 1 amide bonds. The summed E-state index contributed by atoms with van der Waals surface area (Å²) in [5.74, 6) is 0. The summed E-state index contributed by atoms with van der Waals surface area (Å²) in [5, 5.41) is 24.5. The van der Waals surface area contributed by atoms with E-state index in [4.69, 9.17) is 0 Å². The molecular weight excluding hydrogens is 436 g/mol. The van der Waals surface area contributed by atoms with Crippen LogP contribution in [0.2, 0.25) is 0 Å². The van der Waals surface area contributed by atoms with E-state index in [1.54, 1.807) is 6.21 Å². The molecule has 3 heterocycles. The number of carbonyl (C=O) groups is 1. The highest BCUT2D eigenvalue weighted by Crippen LogP contribution is 2.26. The van der Waals surface area contributed by atoms with Gasteiger partial charge in [0.05, 0.1) is 6.04 Å². The predicted octanol–water partition coefficient (Wildman–Crippen LogP) is 2.83. The van der Waals surface area contributed by atoms with Crippen LogP contribution in [-0.2, 0) is 4.79 Å². The van der Waals surface area contributed by atoms with Gasteiger partial charge in [-0.15, -0.1) is 15.3 Å². The average molecular weight is 465 g/mol. The Kier molecular flexibility index (Phi) is 7.69. The van der Waals surface area contributed by atoms with Gasteiger partial charge in [0.15, 0.2) is 5.65 Å². The maximum Gasteiger partial charge on any atom is 0.207 e. The van der Waals surface area contributed by atoms with Crippen LogP contribution in [0.1, 0.15) is 20.3 Å². The van der Waals surface area contributed by atoms with Gasteiger partial charge in [0.1, 0.15) is 5.04 Å². The number of rotatable bonds is 8. The molecule has 3 aromatic rings. The third-order valence-electron chi connectivity index (χ3n) is 5.36. The molecule has 1 unspecified atom stereocenters. The minimum absolute atomic E-state index is 0.177. The fraction of sp³-hybridized carbons (Fsp3) is 0.348. The maximum absolute atomic E-state index is 10.5. The van der Waals surface area contributed by atoms with Crippen molar-refractivity contribution in [1.82, 2.24) is 25.2 Å². The molecule has 4 rings (SSSR count). The van der Waals surface area contributed by atoms with Crippen LogP contribution in [0.3, 0.4) is 0 Å². The van der Waals surface area contributed by atoms with Crippen LogP contribution in [0.25, 0.3) is 16.8 Å². The largest absolute Gasteiger partial charge is 0.369 e. The molecule has 1 aliphatic heterocycles. The second-order valence-electron chi connectivity index (χ2n) is 7.70. The lowest BCUT2D eigenvalue weighted by atomic mass is 10.1. The number of hydrogen-bond acceptors (Lipinski definition) is 8. The van der Waals surface area contributed by atoms with Gasteiger partial charge < -0.3 is 15.5 Å². The zero-order valence-corrected chi connectivity index (χ0v) is 19.6. The Balaban J connectivity index is 1.52. The number of pyridine rings is 1. The van der Waals surface area contributed by atoms with E-state index in [-0.39, 0.29) is 6.04 Å². The van der Waals surface area contributed by atoms with E-state index in [1.807, 2.05) is 24.3 Å². The van der Waals surface area contributed by atoms with Crippen molar-refractivity contribution < 1.29 is 4.79 Å². The standard InChI is InChI=1S/C23H28N8OS/c1-3-22(28-26-14-17(2)25-16-32)33-23-29-27-21-9-6-19(15-31(21)23)18-4-7-20(8-5-18)30-12-10-24-11-13-30/h4-9,14-17,24H,3,10-13H2,1-2H3,(H,25,32)/b26-14-,28-22-. The number of fused-ring (bicyclic) bond motifs is 1. The Morgan fingerprint density at radius 2 is 1.94 bits per heavy atom. The number of nitrogens with one attached hydrogen (secondary N) is 2. The summed E-state index contributed by atoms with van der Waals surface area (Å²) < 4.78 is 1.98. The molecule has 33 heavy (non-hydrogen) atoms. The van der Waals surface area contributed by atoms with E-state index < -0.39 is 0 Å². The lowest BCUT2D eigenvalue weighted by Crippen LogP contribution is -2.43. The first-order valence-corrected chi connectivity index (χ1v) is 11.9. The van der Waals surface area contributed by atoms with E-state index in [1.165, 1.54) is 17.4 Å². The first kappa shape index (κ1) is 22.9. The van der Waals surface area contributed by atoms with Crippen LogP contribution >= 0.6 is 11.8 Å². The van der Waals surface area contributed by atoms with Gasteiger partial charge in [0.2, 0.25) is 11.6 Å². The Hall–Kier alpha value is -3.24. The molecule has 2 N–H and O–H groups in total. The third kappa shape index (κ3) is 5.77. The number of aromatic nitrogens is 3. The summed E-state index contributed by atoms with van der Waals surface area (Å²) in [7, 11) is 0. The molecule has 1 saturated heterocycles. The van der Waals surface area contributed by atoms with Crippen LogP contribution < -0.4 is 15.5 Å². The van der Waals surface area contributed by atoms with Crippen molar-refractivity contribution in [3.63, 3.8) is 0 Å². The van der Waals surface area contributed by atoms with E-state index in [2.05, 4.69) is 72.5 Å². The zero-order chi connectivity index (χ0) is 23.0. The normalized spacial score (nSPS) is 15.8. The Morgan fingerprint density at radius 1 is 1.18 bits per heavy atom. The number of anilines is 1. The van der Waals surface area contributed by atoms with Crippen molar-refractivity contribution in [2.45, 2.75) is 31.5 Å². The van der Waals surface area contributed by atoms with Crippen LogP contribution in [-0.4, -0.2) is 64.5 Å². The minimum Gasteiger partial charge on any atom is -0.369 e. The van der Waals surface area contributed by atoms with Crippen molar-refractivity contribution in [1.29, 1.82) is 0 Å². The minimum atomic E-state index is -0.177. The molecule has 10 heteroatoms. The summed E-state index contributed by atoms with van der Waals surface area (Å²) in [5.41, 5.74) is 4.27. The molecule has 1 fully saturated rings. The lowest BCUT2D eigenvalue weighted by molar-refractivity contribution is -0.109. The molecule has 1 aliphatic rings. The summed E-state index contributed by atoms with van der Waals surface area (Å²) in [6.45, 7) is 7.96. The Morgan fingerprint density at radius 3 is 2.67 bits per heavy atom. The molecule has 172 valence electrons. The number of benzene rings is 1. The van der Waals surface area contributed by atoms with Gasteiger partial charge in [-0.3, -0.25) is 9.20 Å². The molecule has 0 aliphatic carbocycles.